The van der Waals surface area contributed by atoms with Crippen LogP contribution in [0.3, 0.4) is 0 Å². The molecule has 0 fully saturated rings. The Morgan fingerprint density at radius 3 is 2.74 bits per heavy atom. The predicted molar refractivity (Wildman–Crippen MR) is 74.8 cm³/mol. The highest BCUT2D eigenvalue weighted by Gasteiger charge is 2.33. The minimum Gasteiger partial charge on any atom is -0.383 e. The molecule has 1 amide bonds. The number of nitrogens with zero attached hydrogens (tertiary/aromatic N) is 2. The van der Waals surface area contributed by atoms with E-state index in [-0.39, 0.29) is 5.91 Å². The fraction of sp³-hybridized carbons (Fsp3) is 0.692. The molecule has 3 N–H and O–H groups in total. The number of rotatable bonds is 8. The van der Waals surface area contributed by atoms with E-state index < -0.39 is 5.41 Å². The molecular weight excluding hydrogens is 244 g/mol. The summed E-state index contributed by atoms with van der Waals surface area (Å²) in [5.74, 6) is 0.498. The van der Waals surface area contributed by atoms with Gasteiger partial charge in [0, 0.05) is 25.9 Å². The number of nitrogens with two attached hydrogens (primary N) is 1. The Hall–Kier alpha value is -1.40. The molecule has 0 saturated heterocycles. The van der Waals surface area contributed by atoms with Crippen molar-refractivity contribution >= 4 is 11.7 Å². The Bertz CT molecular complexity index is 391. The summed E-state index contributed by atoms with van der Waals surface area (Å²) >= 11 is 0. The zero-order valence-corrected chi connectivity index (χ0v) is 12.0. The molecule has 0 saturated carbocycles. The summed E-state index contributed by atoms with van der Waals surface area (Å²) in [5.41, 5.74) is 5.25. The third kappa shape index (κ3) is 3.78. The third-order valence-corrected chi connectivity index (χ3v) is 3.63. The number of ether oxygens (including phenoxy) is 1. The Labute approximate surface area is 114 Å². The van der Waals surface area contributed by atoms with E-state index in [0.717, 1.165) is 12.8 Å². The second kappa shape index (κ2) is 7.25. The van der Waals surface area contributed by atoms with E-state index in [1.165, 1.54) is 0 Å². The van der Waals surface area contributed by atoms with Gasteiger partial charge in [0.25, 0.3) is 0 Å². The summed E-state index contributed by atoms with van der Waals surface area (Å²) in [6.45, 7) is 5.55. The lowest BCUT2D eigenvalue weighted by Crippen LogP contribution is -2.41. The fourth-order valence-electron chi connectivity index (χ4n) is 1.94. The molecule has 19 heavy (non-hydrogen) atoms. The van der Waals surface area contributed by atoms with Gasteiger partial charge in [0.15, 0.2) is 5.82 Å². The number of nitrogens with one attached hydrogen (secondary N) is 1. The van der Waals surface area contributed by atoms with Gasteiger partial charge in [-0.25, -0.2) is 0 Å². The Balaban J connectivity index is 2.68. The van der Waals surface area contributed by atoms with Gasteiger partial charge in [-0.3, -0.25) is 9.48 Å². The van der Waals surface area contributed by atoms with Crippen LogP contribution < -0.4 is 11.1 Å². The number of hydrogen-bond donors (Lipinski definition) is 2. The van der Waals surface area contributed by atoms with Crippen molar-refractivity contribution in [2.45, 2.75) is 33.2 Å². The van der Waals surface area contributed by atoms with E-state index >= 15 is 0 Å². The van der Waals surface area contributed by atoms with E-state index in [0.29, 0.717) is 25.5 Å². The summed E-state index contributed by atoms with van der Waals surface area (Å²) in [7, 11) is 1.64. The largest absolute Gasteiger partial charge is 0.383 e. The van der Waals surface area contributed by atoms with Crippen molar-refractivity contribution in [2.75, 3.05) is 25.6 Å². The number of carbonyl (C=O) groups is 1. The van der Waals surface area contributed by atoms with Crippen LogP contribution >= 0.6 is 0 Å². The maximum atomic E-state index is 12.3. The summed E-state index contributed by atoms with van der Waals surface area (Å²) in [6.07, 6.45) is 3.25. The van der Waals surface area contributed by atoms with Crippen LogP contribution in [-0.4, -0.2) is 35.9 Å². The smallest absolute Gasteiger partial charge is 0.233 e. The molecule has 1 heterocycles. The maximum Gasteiger partial charge on any atom is 0.233 e. The molecule has 1 rings (SSSR count). The van der Waals surface area contributed by atoms with Gasteiger partial charge in [0.05, 0.1) is 18.6 Å². The summed E-state index contributed by atoms with van der Waals surface area (Å²) in [4.78, 5) is 12.3. The van der Waals surface area contributed by atoms with Crippen molar-refractivity contribution in [2.24, 2.45) is 11.1 Å². The zero-order chi connectivity index (χ0) is 14.3. The monoisotopic (exact) mass is 268 g/mol. The molecule has 0 aliphatic rings. The van der Waals surface area contributed by atoms with Crippen molar-refractivity contribution in [3.63, 3.8) is 0 Å². The molecule has 0 unspecified atom stereocenters. The minimum absolute atomic E-state index is 0.0583. The third-order valence-electron chi connectivity index (χ3n) is 3.63. The first kappa shape index (κ1) is 15.7. The molecular formula is C13H24N4O2. The first-order valence-electron chi connectivity index (χ1n) is 6.65. The lowest BCUT2D eigenvalue weighted by Gasteiger charge is -2.27. The van der Waals surface area contributed by atoms with Crippen molar-refractivity contribution in [3.8, 4) is 0 Å². The average Bonchev–Trinajstić information content (AvgIpc) is 2.86. The first-order chi connectivity index (χ1) is 9.11. The number of aromatic nitrogens is 2. The molecule has 0 radical (unpaired) electrons. The van der Waals surface area contributed by atoms with Gasteiger partial charge < -0.3 is 15.8 Å². The summed E-state index contributed by atoms with van der Waals surface area (Å²) in [6, 6.07) is 1.78. The Morgan fingerprint density at radius 1 is 1.53 bits per heavy atom. The van der Waals surface area contributed by atoms with Crippen molar-refractivity contribution < 1.29 is 9.53 Å². The van der Waals surface area contributed by atoms with E-state index in [1.54, 1.807) is 17.9 Å². The Morgan fingerprint density at radius 2 is 2.21 bits per heavy atom. The first-order valence-corrected chi connectivity index (χ1v) is 6.65. The highest BCUT2D eigenvalue weighted by Crippen LogP contribution is 2.26. The van der Waals surface area contributed by atoms with Crippen LogP contribution in [0.15, 0.2) is 12.3 Å². The summed E-state index contributed by atoms with van der Waals surface area (Å²) in [5, 5.41) is 7.11. The molecule has 0 aromatic carbocycles. The van der Waals surface area contributed by atoms with Gasteiger partial charge in [-0.15, -0.1) is 0 Å². The standard InChI is InChI=1S/C13H24N4O2/c1-4-13(5-2,10-14)12(18)15-11-6-7-17(16-11)8-9-19-3/h6-7H,4-5,8-10,14H2,1-3H3,(H,15,16,18). The highest BCUT2D eigenvalue weighted by molar-refractivity contribution is 5.94. The van der Waals surface area contributed by atoms with Gasteiger partial charge in [0.2, 0.25) is 5.91 Å². The van der Waals surface area contributed by atoms with Gasteiger partial charge in [-0.1, -0.05) is 13.8 Å². The lowest BCUT2D eigenvalue weighted by molar-refractivity contribution is -0.125. The maximum absolute atomic E-state index is 12.3. The highest BCUT2D eigenvalue weighted by atomic mass is 16.5. The van der Waals surface area contributed by atoms with Crippen LogP contribution in [0.2, 0.25) is 0 Å². The van der Waals surface area contributed by atoms with Crippen molar-refractivity contribution in [3.05, 3.63) is 12.3 Å². The number of carbonyl (C=O) groups excluding carboxylic acids is 1. The van der Waals surface area contributed by atoms with Gasteiger partial charge in [-0.2, -0.15) is 5.10 Å². The van der Waals surface area contributed by atoms with E-state index in [1.807, 2.05) is 20.0 Å². The number of amides is 1. The average molecular weight is 268 g/mol. The molecule has 0 aliphatic heterocycles. The molecule has 0 spiro atoms. The molecule has 0 bridgehead atoms. The predicted octanol–water partition coefficient (Wildman–Crippen LogP) is 1.23. The van der Waals surface area contributed by atoms with Gasteiger partial charge >= 0.3 is 0 Å². The van der Waals surface area contributed by atoms with Crippen LogP contribution in [0, 0.1) is 5.41 Å². The SMILES string of the molecule is CCC(CC)(CN)C(=O)Nc1ccn(CCOC)n1. The second-order valence-corrected chi connectivity index (χ2v) is 4.60. The Kier molecular flexibility index (Phi) is 5.98. The summed E-state index contributed by atoms with van der Waals surface area (Å²) < 4.78 is 6.72. The van der Waals surface area contributed by atoms with E-state index in [4.69, 9.17) is 10.5 Å². The molecule has 1 aromatic heterocycles. The quantitative estimate of drug-likeness (QED) is 0.743. The van der Waals surface area contributed by atoms with Crippen molar-refractivity contribution in [1.29, 1.82) is 0 Å². The van der Waals surface area contributed by atoms with Crippen LogP contribution in [0.5, 0.6) is 0 Å². The van der Waals surface area contributed by atoms with Crippen LogP contribution in [0.4, 0.5) is 5.82 Å². The van der Waals surface area contributed by atoms with Crippen molar-refractivity contribution in [1.82, 2.24) is 9.78 Å². The topological polar surface area (TPSA) is 82.2 Å². The second-order valence-electron chi connectivity index (χ2n) is 4.60. The molecule has 1 aromatic rings. The number of hydrogen-bond acceptors (Lipinski definition) is 4. The van der Waals surface area contributed by atoms with Crippen LogP contribution in [0.1, 0.15) is 26.7 Å². The normalized spacial score (nSPS) is 11.6. The van der Waals surface area contributed by atoms with Crippen LogP contribution in [-0.2, 0) is 16.1 Å². The molecule has 0 atom stereocenters. The van der Waals surface area contributed by atoms with Crippen LogP contribution in [0.25, 0.3) is 0 Å². The molecule has 6 heteroatoms. The zero-order valence-electron chi connectivity index (χ0n) is 12.0. The number of methoxy groups -OCH3 is 1. The van der Waals surface area contributed by atoms with E-state index in [2.05, 4.69) is 10.4 Å². The molecule has 0 aliphatic carbocycles. The number of anilines is 1. The lowest BCUT2D eigenvalue weighted by atomic mass is 9.81. The molecule has 108 valence electrons. The molecule has 6 nitrogen and oxygen atoms in total. The minimum atomic E-state index is -0.504. The fourth-order valence-corrected chi connectivity index (χ4v) is 1.94. The van der Waals surface area contributed by atoms with Gasteiger partial charge in [0.1, 0.15) is 0 Å². The van der Waals surface area contributed by atoms with Gasteiger partial charge in [-0.05, 0) is 12.8 Å². The van der Waals surface area contributed by atoms with E-state index in [9.17, 15) is 4.79 Å².